The Labute approximate surface area is 97.7 Å². The number of rotatable bonds is 5. The minimum absolute atomic E-state index is 0.205. The molecule has 0 aliphatic carbocycles. The highest BCUT2D eigenvalue weighted by molar-refractivity contribution is 5.37. The number of nitrogens with two attached hydrogens (primary N) is 1. The number of hydrogen-bond donors (Lipinski definition) is 2. The van der Waals surface area contributed by atoms with E-state index in [0.29, 0.717) is 6.04 Å². The zero-order chi connectivity index (χ0) is 12.1. The Hall–Kier alpha value is -1.16. The molecule has 0 saturated heterocycles. The van der Waals surface area contributed by atoms with Crippen LogP contribution in [0.15, 0.2) is 6.07 Å². The van der Waals surface area contributed by atoms with E-state index in [9.17, 15) is 0 Å². The van der Waals surface area contributed by atoms with Gasteiger partial charge < -0.3 is 11.1 Å². The van der Waals surface area contributed by atoms with Crippen LogP contribution in [0.25, 0.3) is 0 Å². The summed E-state index contributed by atoms with van der Waals surface area (Å²) in [7, 11) is 0. The van der Waals surface area contributed by atoms with Crippen molar-refractivity contribution in [3.63, 3.8) is 0 Å². The summed E-state index contributed by atoms with van der Waals surface area (Å²) in [6, 6.07) is 2.54. The fraction of sp³-hybridized carbons (Fsp3) is 0.667. The highest BCUT2D eigenvalue weighted by Gasteiger charge is 2.07. The first-order chi connectivity index (χ1) is 7.51. The van der Waals surface area contributed by atoms with Crippen molar-refractivity contribution >= 4 is 5.82 Å². The van der Waals surface area contributed by atoms with E-state index in [1.807, 2.05) is 19.9 Å². The van der Waals surface area contributed by atoms with Crippen molar-refractivity contribution in [2.75, 3.05) is 5.32 Å². The van der Waals surface area contributed by atoms with Crippen LogP contribution in [0, 0.1) is 6.92 Å². The van der Waals surface area contributed by atoms with Gasteiger partial charge in [-0.25, -0.2) is 9.97 Å². The maximum Gasteiger partial charge on any atom is 0.130 e. The van der Waals surface area contributed by atoms with Crippen molar-refractivity contribution < 1.29 is 0 Å². The van der Waals surface area contributed by atoms with E-state index in [1.165, 1.54) is 0 Å². The van der Waals surface area contributed by atoms with Crippen LogP contribution in [-0.2, 0) is 6.42 Å². The maximum absolute atomic E-state index is 5.76. The third-order valence-electron chi connectivity index (χ3n) is 2.37. The first-order valence-corrected chi connectivity index (χ1v) is 5.88. The van der Waals surface area contributed by atoms with E-state index in [-0.39, 0.29) is 6.04 Å². The van der Waals surface area contributed by atoms with Crippen molar-refractivity contribution in [3.05, 3.63) is 17.6 Å². The van der Waals surface area contributed by atoms with Gasteiger partial charge in [0.2, 0.25) is 0 Å². The SMILES string of the molecule is CCc1cc(NC(C)CC(C)N)nc(C)n1. The van der Waals surface area contributed by atoms with E-state index in [0.717, 1.165) is 30.2 Å². The van der Waals surface area contributed by atoms with Gasteiger partial charge >= 0.3 is 0 Å². The fourth-order valence-electron chi connectivity index (χ4n) is 1.75. The van der Waals surface area contributed by atoms with E-state index in [1.54, 1.807) is 0 Å². The summed E-state index contributed by atoms with van der Waals surface area (Å²) >= 11 is 0. The number of anilines is 1. The predicted molar refractivity (Wildman–Crippen MR) is 67.5 cm³/mol. The fourth-order valence-corrected chi connectivity index (χ4v) is 1.75. The predicted octanol–water partition coefficient (Wildman–Crippen LogP) is 1.89. The Balaban J connectivity index is 2.69. The average molecular weight is 222 g/mol. The molecular weight excluding hydrogens is 200 g/mol. The maximum atomic E-state index is 5.76. The molecule has 0 saturated carbocycles. The monoisotopic (exact) mass is 222 g/mol. The molecule has 0 amide bonds. The zero-order valence-corrected chi connectivity index (χ0v) is 10.6. The summed E-state index contributed by atoms with van der Waals surface area (Å²) in [5, 5.41) is 3.36. The van der Waals surface area contributed by atoms with E-state index in [2.05, 4.69) is 29.1 Å². The van der Waals surface area contributed by atoms with Crippen molar-refractivity contribution in [1.82, 2.24) is 9.97 Å². The Morgan fingerprint density at radius 2 is 2.06 bits per heavy atom. The summed E-state index contributed by atoms with van der Waals surface area (Å²) in [5.41, 5.74) is 6.83. The molecule has 1 heterocycles. The molecule has 1 aromatic rings. The van der Waals surface area contributed by atoms with Gasteiger partial charge in [-0.1, -0.05) is 6.92 Å². The summed E-state index contributed by atoms with van der Waals surface area (Å²) in [6.45, 7) is 8.14. The number of nitrogens with one attached hydrogen (secondary N) is 1. The first-order valence-electron chi connectivity index (χ1n) is 5.88. The van der Waals surface area contributed by atoms with Gasteiger partial charge in [-0.05, 0) is 33.6 Å². The van der Waals surface area contributed by atoms with Gasteiger partial charge in [-0.15, -0.1) is 0 Å². The molecule has 4 heteroatoms. The van der Waals surface area contributed by atoms with Crippen LogP contribution in [0.4, 0.5) is 5.82 Å². The van der Waals surface area contributed by atoms with Crippen LogP contribution in [0.3, 0.4) is 0 Å². The Bertz CT molecular complexity index is 336. The lowest BCUT2D eigenvalue weighted by molar-refractivity contribution is 0.603. The first kappa shape index (κ1) is 12.9. The molecule has 0 bridgehead atoms. The normalized spacial score (nSPS) is 14.6. The molecule has 0 radical (unpaired) electrons. The minimum atomic E-state index is 0.205. The van der Waals surface area contributed by atoms with E-state index in [4.69, 9.17) is 5.73 Å². The van der Waals surface area contributed by atoms with E-state index >= 15 is 0 Å². The van der Waals surface area contributed by atoms with Crippen LogP contribution < -0.4 is 11.1 Å². The molecular formula is C12H22N4. The van der Waals surface area contributed by atoms with Crippen molar-refractivity contribution in [2.24, 2.45) is 5.73 Å². The number of aryl methyl sites for hydroxylation is 2. The summed E-state index contributed by atoms with van der Waals surface area (Å²) in [4.78, 5) is 8.71. The van der Waals surface area contributed by atoms with Crippen LogP contribution >= 0.6 is 0 Å². The molecule has 16 heavy (non-hydrogen) atoms. The third-order valence-corrected chi connectivity index (χ3v) is 2.37. The molecule has 1 aromatic heterocycles. The smallest absolute Gasteiger partial charge is 0.130 e. The largest absolute Gasteiger partial charge is 0.367 e. The Morgan fingerprint density at radius 3 is 2.62 bits per heavy atom. The summed E-state index contributed by atoms with van der Waals surface area (Å²) in [6.07, 6.45) is 1.87. The van der Waals surface area contributed by atoms with Crippen molar-refractivity contribution in [1.29, 1.82) is 0 Å². The van der Waals surface area contributed by atoms with Gasteiger partial charge in [0, 0.05) is 23.8 Å². The lowest BCUT2D eigenvalue weighted by Crippen LogP contribution is -2.26. The van der Waals surface area contributed by atoms with Crippen LogP contribution in [0.1, 0.15) is 38.7 Å². The molecule has 0 aliphatic heterocycles. The molecule has 2 unspecified atom stereocenters. The van der Waals surface area contributed by atoms with Crippen LogP contribution in [0.5, 0.6) is 0 Å². The summed E-state index contributed by atoms with van der Waals surface area (Å²) in [5.74, 6) is 1.72. The van der Waals surface area contributed by atoms with Crippen LogP contribution in [-0.4, -0.2) is 22.1 Å². The van der Waals surface area contributed by atoms with Gasteiger partial charge in [0.25, 0.3) is 0 Å². The zero-order valence-electron chi connectivity index (χ0n) is 10.6. The molecule has 3 N–H and O–H groups in total. The van der Waals surface area contributed by atoms with Crippen molar-refractivity contribution in [2.45, 2.75) is 52.6 Å². The molecule has 0 fully saturated rings. The molecule has 4 nitrogen and oxygen atoms in total. The highest BCUT2D eigenvalue weighted by atomic mass is 15.0. The molecule has 0 aliphatic rings. The number of aromatic nitrogens is 2. The topological polar surface area (TPSA) is 63.8 Å². The van der Waals surface area contributed by atoms with Gasteiger partial charge in [-0.3, -0.25) is 0 Å². The lowest BCUT2D eigenvalue weighted by Gasteiger charge is -2.17. The van der Waals surface area contributed by atoms with E-state index < -0.39 is 0 Å². The van der Waals surface area contributed by atoms with Gasteiger partial charge in [0.1, 0.15) is 11.6 Å². The van der Waals surface area contributed by atoms with Crippen LogP contribution in [0.2, 0.25) is 0 Å². The quantitative estimate of drug-likeness (QED) is 0.798. The Kier molecular flexibility index (Phi) is 4.68. The average Bonchev–Trinajstić information content (AvgIpc) is 2.14. The highest BCUT2D eigenvalue weighted by Crippen LogP contribution is 2.10. The summed E-state index contributed by atoms with van der Waals surface area (Å²) < 4.78 is 0. The molecule has 1 rings (SSSR count). The second kappa shape index (κ2) is 5.80. The second-order valence-corrected chi connectivity index (χ2v) is 4.40. The molecule has 90 valence electrons. The number of nitrogens with zero attached hydrogens (tertiary/aromatic N) is 2. The van der Waals surface area contributed by atoms with Gasteiger partial charge in [0.15, 0.2) is 0 Å². The Morgan fingerprint density at radius 1 is 1.38 bits per heavy atom. The second-order valence-electron chi connectivity index (χ2n) is 4.40. The standard InChI is InChI=1S/C12H22N4/c1-5-11-7-12(16-10(4)15-11)14-9(3)6-8(2)13/h7-9H,5-6,13H2,1-4H3,(H,14,15,16). The van der Waals surface area contributed by atoms with Gasteiger partial charge in [-0.2, -0.15) is 0 Å². The minimum Gasteiger partial charge on any atom is -0.367 e. The van der Waals surface area contributed by atoms with Crippen molar-refractivity contribution in [3.8, 4) is 0 Å². The van der Waals surface area contributed by atoms with Gasteiger partial charge in [0.05, 0.1) is 0 Å². The molecule has 0 spiro atoms. The molecule has 2 atom stereocenters. The number of hydrogen-bond acceptors (Lipinski definition) is 4. The molecule has 0 aromatic carbocycles. The lowest BCUT2D eigenvalue weighted by atomic mass is 10.1. The third kappa shape index (κ3) is 4.14.